The van der Waals surface area contributed by atoms with Gasteiger partial charge in [0.05, 0.1) is 37.6 Å². The third-order valence-electron chi connectivity index (χ3n) is 5.39. The third kappa shape index (κ3) is 3.54. The molecule has 0 bridgehead atoms. The molecule has 12 heteroatoms. The second-order valence-corrected chi connectivity index (χ2v) is 7.16. The lowest BCUT2D eigenvalue weighted by atomic mass is 9.99. The standard InChI is InChI=1S/C20H16F8N2O2/c21-11-9(12(22)16(26)19(15(11)25)29-1-5-31-6-2-29)10-13(23)17(27)20(18(28)14(10)24)30-3-7-32-8-4-30/h1-8H2. The van der Waals surface area contributed by atoms with E-state index in [1.807, 2.05) is 0 Å². The molecule has 0 saturated carbocycles. The van der Waals surface area contributed by atoms with E-state index in [2.05, 4.69) is 0 Å². The summed E-state index contributed by atoms with van der Waals surface area (Å²) in [4.78, 5) is 1.92. The van der Waals surface area contributed by atoms with Crippen molar-refractivity contribution in [1.29, 1.82) is 0 Å². The average molecular weight is 468 g/mol. The Morgan fingerprint density at radius 2 is 0.656 bits per heavy atom. The SMILES string of the molecule is Fc1c(F)c(N2CCOCC2)c(F)c(F)c1-c1c(F)c(F)c(N2CCOCC2)c(F)c1F. The third-order valence-corrected chi connectivity index (χ3v) is 5.39. The fourth-order valence-electron chi connectivity index (χ4n) is 3.81. The molecule has 0 radical (unpaired) electrons. The van der Waals surface area contributed by atoms with E-state index in [4.69, 9.17) is 9.47 Å². The molecule has 2 fully saturated rings. The first-order chi connectivity index (χ1) is 15.3. The summed E-state index contributed by atoms with van der Waals surface area (Å²) < 4.78 is 128. The molecule has 2 aromatic carbocycles. The van der Waals surface area contributed by atoms with Gasteiger partial charge in [0.15, 0.2) is 46.5 Å². The van der Waals surface area contributed by atoms with Gasteiger partial charge in [-0.1, -0.05) is 0 Å². The summed E-state index contributed by atoms with van der Waals surface area (Å²) in [5.74, 6) is -16.5. The van der Waals surface area contributed by atoms with Gasteiger partial charge in [-0.25, -0.2) is 35.1 Å². The van der Waals surface area contributed by atoms with Gasteiger partial charge in [0.25, 0.3) is 0 Å². The van der Waals surface area contributed by atoms with Crippen molar-refractivity contribution in [2.45, 2.75) is 0 Å². The molecule has 0 atom stereocenters. The second kappa shape index (κ2) is 8.74. The largest absolute Gasteiger partial charge is 0.378 e. The van der Waals surface area contributed by atoms with E-state index in [-0.39, 0.29) is 52.6 Å². The molecule has 2 aliphatic rings. The van der Waals surface area contributed by atoms with Gasteiger partial charge >= 0.3 is 0 Å². The lowest BCUT2D eigenvalue weighted by Crippen LogP contribution is -2.38. The van der Waals surface area contributed by atoms with Gasteiger partial charge < -0.3 is 19.3 Å². The quantitative estimate of drug-likeness (QED) is 0.500. The fourth-order valence-corrected chi connectivity index (χ4v) is 3.81. The zero-order chi connectivity index (χ0) is 23.2. The zero-order valence-corrected chi connectivity index (χ0v) is 16.4. The van der Waals surface area contributed by atoms with Crippen LogP contribution < -0.4 is 9.80 Å². The van der Waals surface area contributed by atoms with Gasteiger partial charge in [-0.05, 0) is 0 Å². The molecule has 174 valence electrons. The lowest BCUT2D eigenvalue weighted by molar-refractivity contribution is 0.121. The minimum Gasteiger partial charge on any atom is -0.378 e. The van der Waals surface area contributed by atoms with Crippen LogP contribution in [0.1, 0.15) is 0 Å². The monoisotopic (exact) mass is 468 g/mol. The van der Waals surface area contributed by atoms with Crippen LogP contribution in [0.2, 0.25) is 0 Å². The Bertz CT molecular complexity index is 911. The highest BCUT2D eigenvalue weighted by atomic mass is 19.2. The summed E-state index contributed by atoms with van der Waals surface area (Å²) in [5.41, 5.74) is -5.95. The predicted octanol–water partition coefficient (Wildman–Crippen LogP) is 4.14. The number of anilines is 2. The van der Waals surface area contributed by atoms with Gasteiger partial charge in [0.2, 0.25) is 0 Å². The summed E-state index contributed by atoms with van der Waals surface area (Å²) in [6, 6.07) is 0. The van der Waals surface area contributed by atoms with E-state index >= 15 is 0 Å². The number of halogens is 8. The number of ether oxygens (including phenoxy) is 2. The molecule has 0 aromatic heterocycles. The van der Waals surface area contributed by atoms with Gasteiger partial charge in [0.1, 0.15) is 11.4 Å². The van der Waals surface area contributed by atoms with Crippen LogP contribution in [0.3, 0.4) is 0 Å². The number of morpholine rings is 2. The highest BCUT2D eigenvalue weighted by molar-refractivity contribution is 5.73. The summed E-state index contributed by atoms with van der Waals surface area (Å²) in [6.45, 7) is -0.338. The Morgan fingerprint density at radius 1 is 0.406 bits per heavy atom. The summed E-state index contributed by atoms with van der Waals surface area (Å²) >= 11 is 0. The van der Waals surface area contributed by atoms with Gasteiger partial charge in [-0.3, -0.25) is 0 Å². The Morgan fingerprint density at radius 3 is 0.906 bits per heavy atom. The molecule has 2 heterocycles. The molecule has 0 unspecified atom stereocenters. The van der Waals surface area contributed by atoms with Crippen molar-refractivity contribution in [1.82, 2.24) is 0 Å². The second-order valence-electron chi connectivity index (χ2n) is 7.16. The number of hydrogen-bond acceptors (Lipinski definition) is 4. The van der Waals surface area contributed by atoms with Crippen LogP contribution in [0.5, 0.6) is 0 Å². The number of hydrogen-bond donors (Lipinski definition) is 0. The molecular formula is C20H16F8N2O2. The van der Waals surface area contributed by atoms with Crippen LogP contribution in [0, 0.1) is 46.5 Å². The molecule has 32 heavy (non-hydrogen) atoms. The van der Waals surface area contributed by atoms with Crippen LogP contribution in [0.15, 0.2) is 0 Å². The van der Waals surface area contributed by atoms with Crippen molar-refractivity contribution in [3.63, 3.8) is 0 Å². The van der Waals surface area contributed by atoms with Crippen LogP contribution >= 0.6 is 0 Å². The first kappa shape index (κ1) is 22.6. The Hall–Kier alpha value is -2.60. The van der Waals surface area contributed by atoms with Crippen LogP contribution in [0.25, 0.3) is 11.1 Å². The predicted molar refractivity (Wildman–Crippen MR) is 97.6 cm³/mol. The molecule has 2 aromatic rings. The Balaban J connectivity index is 1.90. The maximum atomic E-state index is 14.8. The number of rotatable bonds is 3. The summed E-state index contributed by atoms with van der Waals surface area (Å²) in [5, 5.41) is 0. The fraction of sp³-hybridized carbons (Fsp3) is 0.400. The van der Waals surface area contributed by atoms with E-state index < -0.39 is 69.0 Å². The minimum absolute atomic E-state index is 0.0204. The smallest absolute Gasteiger partial charge is 0.185 e. The summed E-state index contributed by atoms with van der Waals surface area (Å²) in [6.07, 6.45) is 0. The molecule has 0 N–H and O–H groups in total. The van der Waals surface area contributed by atoms with Gasteiger partial charge in [-0.15, -0.1) is 0 Å². The molecular weight excluding hydrogens is 452 g/mol. The first-order valence-electron chi connectivity index (χ1n) is 9.63. The highest BCUT2D eigenvalue weighted by Gasteiger charge is 2.36. The normalized spacial score (nSPS) is 17.2. The van der Waals surface area contributed by atoms with Crippen LogP contribution in [-0.4, -0.2) is 52.6 Å². The number of nitrogens with zero attached hydrogens (tertiary/aromatic N) is 2. The van der Waals surface area contributed by atoms with Crippen molar-refractivity contribution in [3.8, 4) is 11.1 Å². The van der Waals surface area contributed by atoms with Crippen molar-refractivity contribution < 1.29 is 44.6 Å². The van der Waals surface area contributed by atoms with Crippen LogP contribution in [-0.2, 0) is 9.47 Å². The maximum absolute atomic E-state index is 14.8. The Labute approximate surface area is 176 Å². The highest BCUT2D eigenvalue weighted by Crippen LogP contribution is 2.42. The molecule has 0 amide bonds. The van der Waals surface area contributed by atoms with Crippen molar-refractivity contribution in [2.24, 2.45) is 0 Å². The first-order valence-corrected chi connectivity index (χ1v) is 9.63. The molecule has 4 rings (SSSR count). The van der Waals surface area contributed by atoms with E-state index in [1.165, 1.54) is 0 Å². The molecule has 0 spiro atoms. The molecule has 2 aliphatic heterocycles. The van der Waals surface area contributed by atoms with E-state index in [1.54, 1.807) is 0 Å². The van der Waals surface area contributed by atoms with Crippen LogP contribution in [0.4, 0.5) is 46.5 Å². The Kier molecular flexibility index (Phi) is 6.17. The average Bonchev–Trinajstić information content (AvgIpc) is 2.80. The maximum Gasteiger partial charge on any atom is 0.185 e. The van der Waals surface area contributed by atoms with Gasteiger partial charge in [0, 0.05) is 26.2 Å². The zero-order valence-electron chi connectivity index (χ0n) is 16.4. The van der Waals surface area contributed by atoms with E-state index in [0.29, 0.717) is 0 Å². The van der Waals surface area contributed by atoms with E-state index in [0.717, 1.165) is 9.80 Å². The van der Waals surface area contributed by atoms with Crippen molar-refractivity contribution >= 4 is 11.4 Å². The topological polar surface area (TPSA) is 24.9 Å². The van der Waals surface area contributed by atoms with Gasteiger partial charge in [-0.2, -0.15) is 0 Å². The van der Waals surface area contributed by atoms with Crippen molar-refractivity contribution in [2.75, 3.05) is 62.4 Å². The molecule has 0 aliphatic carbocycles. The minimum atomic E-state index is -2.18. The summed E-state index contributed by atoms with van der Waals surface area (Å²) in [7, 11) is 0. The van der Waals surface area contributed by atoms with Crippen molar-refractivity contribution in [3.05, 3.63) is 46.5 Å². The molecule has 2 saturated heterocycles. The number of benzene rings is 2. The van der Waals surface area contributed by atoms with E-state index in [9.17, 15) is 35.1 Å². The lowest BCUT2D eigenvalue weighted by Gasteiger charge is -2.30. The molecule has 4 nitrogen and oxygen atoms in total.